The van der Waals surface area contributed by atoms with Gasteiger partial charge in [-0.1, -0.05) is 23.7 Å². The number of nitrogens with zero attached hydrogens (tertiary/aromatic N) is 2. The standard InChI is InChI=1S/C20H25N3O3/c1-12(17-10-14-7-8-15(17)9-14)21-20(24)16-5-3-4-6-18(16)25-11-19-22-13(2)26-23-19/h3-6,12,14-15,17H,7-11H2,1-2H3,(H,21,24). The first kappa shape index (κ1) is 17.1. The fourth-order valence-electron chi connectivity index (χ4n) is 4.62. The molecular weight excluding hydrogens is 330 g/mol. The van der Waals surface area contributed by atoms with Crippen LogP contribution in [0.3, 0.4) is 0 Å². The van der Waals surface area contributed by atoms with Crippen molar-refractivity contribution in [1.82, 2.24) is 15.5 Å². The third-order valence-electron chi connectivity index (χ3n) is 5.85. The molecule has 138 valence electrons. The van der Waals surface area contributed by atoms with E-state index in [2.05, 4.69) is 22.4 Å². The molecule has 2 bridgehead atoms. The Bertz CT molecular complexity index is 788. The van der Waals surface area contributed by atoms with E-state index in [0.29, 0.717) is 28.9 Å². The number of aryl methyl sites for hydroxylation is 1. The summed E-state index contributed by atoms with van der Waals surface area (Å²) in [5.74, 6) is 3.67. The molecule has 0 saturated heterocycles. The summed E-state index contributed by atoms with van der Waals surface area (Å²) < 4.78 is 10.7. The Kier molecular flexibility index (Phi) is 4.66. The fraction of sp³-hybridized carbons (Fsp3) is 0.550. The van der Waals surface area contributed by atoms with Gasteiger partial charge in [-0.2, -0.15) is 4.98 Å². The maximum atomic E-state index is 12.8. The first-order valence-electron chi connectivity index (χ1n) is 9.42. The predicted octanol–water partition coefficient (Wildman–Crippen LogP) is 3.51. The monoisotopic (exact) mass is 355 g/mol. The minimum absolute atomic E-state index is 0.0832. The van der Waals surface area contributed by atoms with Crippen LogP contribution in [0.25, 0.3) is 0 Å². The third kappa shape index (κ3) is 3.45. The SMILES string of the molecule is Cc1nc(COc2ccccc2C(=O)NC(C)C2CC3CCC2C3)no1. The van der Waals surface area contributed by atoms with Crippen molar-refractivity contribution in [2.75, 3.05) is 0 Å². The lowest BCUT2D eigenvalue weighted by atomic mass is 9.84. The molecule has 1 aromatic carbocycles. The number of nitrogens with one attached hydrogen (secondary N) is 1. The van der Waals surface area contributed by atoms with Crippen molar-refractivity contribution in [1.29, 1.82) is 0 Å². The second kappa shape index (κ2) is 7.09. The van der Waals surface area contributed by atoms with E-state index in [1.807, 2.05) is 12.1 Å². The topological polar surface area (TPSA) is 77.2 Å². The van der Waals surface area contributed by atoms with Gasteiger partial charge in [-0.05, 0) is 56.1 Å². The highest BCUT2D eigenvalue weighted by Crippen LogP contribution is 2.49. The summed E-state index contributed by atoms with van der Waals surface area (Å²) in [6, 6.07) is 7.48. The molecule has 1 N–H and O–H groups in total. The molecule has 4 rings (SSSR count). The first-order chi connectivity index (χ1) is 12.6. The number of fused-ring (bicyclic) bond motifs is 2. The van der Waals surface area contributed by atoms with Gasteiger partial charge in [0.2, 0.25) is 11.7 Å². The van der Waals surface area contributed by atoms with Crippen molar-refractivity contribution < 1.29 is 14.1 Å². The van der Waals surface area contributed by atoms with Gasteiger partial charge >= 0.3 is 0 Å². The highest BCUT2D eigenvalue weighted by atomic mass is 16.5. The maximum absolute atomic E-state index is 12.8. The second-order valence-electron chi connectivity index (χ2n) is 7.62. The molecule has 6 nitrogen and oxygen atoms in total. The van der Waals surface area contributed by atoms with E-state index in [1.54, 1.807) is 19.1 Å². The summed E-state index contributed by atoms with van der Waals surface area (Å²) >= 11 is 0. The van der Waals surface area contributed by atoms with E-state index >= 15 is 0 Å². The molecule has 2 fully saturated rings. The molecule has 1 amide bonds. The van der Waals surface area contributed by atoms with E-state index in [1.165, 1.54) is 25.7 Å². The van der Waals surface area contributed by atoms with E-state index < -0.39 is 0 Å². The summed E-state index contributed by atoms with van der Waals surface area (Å²) in [7, 11) is 0. The van der Waals surface area contributed by atoms with Crippen LogP contribution in [0.1, 0.15) is 54.7 Å². The van der Waals surface area contributed by atoms with Crippen molar-refractivity contribution in [2.24, 2.45) is 17.8 Å². The van der Waals surface area contributed by atoms with Gasteiger partial charge < -0.3 is 14.6 Å². The number of hydrogen-bond acceptors (Lipinski definition) is 5. The lowest BCUT2D eigenvalue weighted by molar-refractivity contribution is 0.0910. The molecule has 0 spiro atoms. The van der Waals surface area contributed by atoms with Crippen molar-refractivity contribution in [3.63, 3.8) is 0 Å². The van der Waals surface area contributed by atoms with E-state index in [9.17, 15) is 4.79 Å². The molecule has 6 heteroatoms. The molecule has 2 aromatic rings. The molecule has 2 aliphatic carbocycles. The van der Waals surface area contributed by atoms with Crippen LogP contribution >= 0.6 is 0 Å². The molecule has 0 aliphatic heterocycles. The normalized spacial score (nSPS) is 25.2. The number of amides is 1. The predicted molar refractivity (Wildman–Crippen MR) is 95.7 cm³/mol. The summed E-state index contributed by atoms with van der Waals surface area (Å²) in [6.45, 7) is 4.04. The van der Waals surface area contributed by atoms with Crippen molar-refractivity contribution in [3.8, 4) is 5.75 Å². The van der Waals surface area contributed by atoms with Crippen LogP contribution in [0.2, 0.25) is 0 Å². The van der Waals surface area contributed by atoms with Gasteiger partial charge in [0.1, 0.15) is 5.75 Å². The molecule has 0 radical (unpaired) electrons. The van der Waals surface area contributed by atoms with Gasteiger partial charge in [0.05, 0.1) is 5.56 Å². The fourth-order valence-corrected chi connectivity index (χ4v) is 4.62. The van der Waals surface area contributed by atoms with Gasteiger partial charge in [0, 0.05) is 13.0 Å². The Morgan fingerprint density at radius 2 is 2.19 bits per heavy atom. The zero-order valence-electron chi connectivity index (χ0n) is 15.3. The van der Waals surface area contributed by atoms with Gasteiger partial charge in [0.15, 0.2) is 6.61 Å². The van der Waals surface area contributed by atoms with Crippen molar-refractivity contribution in [3.05, 3.63) is 41.5 Å². The Hall–Kier alpha value is -2.37. The summed E-state index contributed by atoms with van der Waals surface area (Å²) in [6.07, 6.45) is 5.28. The Balaban J connectivity index is 1.41. The zero-order chi connectivity index (χ0) is 18.1. The van der Waals surface area contributed by atoms with E-state index in [4.69, 9.17) is 9.26 Å². The van der Waals surface area contributed by atoms with Crippen LogP contribution in [0.15, 0.2) is 28.8 Å². The number of hydrogen-bond donors (Lipinski definition) is 1. The van der Waals surface area contributed by atoms with Crippen LogP contribution < -0.4 is 10.1 Å². The van der Waals surface area contributed by atoms with Gasteiger partial charge in [-0.3, -0.25) is 4.79 Å². The lowest BCUT2D eigenvalue weighted by Gasteiger charge is -2.28. The Labute approximate surface area is 153 Å². The van der Waals surface area contributed by atoms with Crippen LogP contribution in [-0.4, -0.2) is 22.1 Å². The van der Waals surface area contributed by atoms with Gasteiger partial charge in [-0.25, -0.2) is 0 Å². The number of benzene rings is 1. The highest BCUT2D eigenvalue weighted by Gasteiger charge is 2.42. The quantitative estimate of drug-likeness (QED) is 0.858. The van der Waals surface area contributed by atoms with Crippen molar-refractivity contribution >= 4 is 5.91 Å². The number of para-hydroxylation sites is 1. The molecule has 2 aliphatic rings. The van der Waals surface area contributed by atoms with Crippen molar-refractivity contribution in [2.45, 2.75) is 52.2 Å². The summed E-state index contributed by atoms with van der Waals surface area (Å²) in [5, 5.41) is 7.01. The van der Waals surface area contributed by atoms with Crippen LogP contribution in [0, 0.1) is 24.7 Å². The number of ether oxygens (including phenoxy) is 1. The molecule has 1 heterocycles. The number of rotatable bonds is 6. The van der Waals surface area contributed by atoms with E-state index in [0.717, 1.165) is 11.8 Å². The second-order valence-corrected chi connectivity index (χ2v) is 7.62. The minimum Gasteiger partial charge on any atom is -0.485 e. The minimum atomic E-state index is -0.0832. The number of carbonyl (C=O) groups is 1. The molecule has 1 aromatic heterocycles. The Morgan fingerprint density at radius 1 is 1.35 bits per heavy atom. The number of aromatic nitrogens is 2. The van der Waals surface area contributed by atoms with Gasteiger partial charge in [-0.15, -0.1) is 0 Å². The lowest BCUT2D eigenvalue weighted by Crippen LogP contribution is -2.40. The average Bonchev–Trinajstić information content (AvgIpc) is 3.37. The molecular formula is C20H25N3O3. The van der Waals surface area contributed by atoms with E-state index in [-0.39, 0.29) is 18.6 Å². The smallest absolute Gasteiger partial charge is 0.255 e. The maximum Gasteiger partial charge on any atom is 0.255 e. The molecule has 4 unspecified atom stereocenters. The summed E-state index contributed by atoms with van der Waals surface area (Å²) in [4.78, 5) is 16.9. The number of carbonyl (C=O) groups excluding carboxylic acids is 1. The molecule has 26 heavy (non-hydrogen) atoms. The summed E-state index contributed by atoms with van der Waals surface area (Å²) in [5.41, 5.74) is 0.544. The van der Waals surface area contributed by atoms with Crippen LogP contribution in [-0.2, 0) is 6.61 Å². The highest BCUT2D eigenvalue weighted by molar-refractivity contribution is 5.97. The van der Waals surface area contributed by atoms with Gasteiger partial charge in [0.25, 0.3) is 5.91 Å². The average molecular weight is 355 g/mol. The Morgan fingerprint density at radius 3 is 2.88 bits per heavy atom. The first-order valence-corrected chi connectivity index (χ1v) is 9.42. The largest absolute Gasteiger partial charge is 0.485 e. The third-order valence-corrected chi connectivity index (χ3v) is 5.85. The van der Waals surface area contributed by atoms with Crippen LogP contribution in [0.5, 0.6) is 5.75 Å². The zero-order valence-corrected chi connectivity index (χ0v) is 15.3. The van der Waals surface area contributed by atoms with Crippen LogP contribution in [0.4, 0.5) is 0 Å². The molecule has 4 atom stereocenters. The molecule has 2 saturated carbocycles.